The van der Waals surface area contributed by atoms with Gasteiger partial charge in [-0.3, -0.25) is 9.59 Å². The molecule has 0 bridgehead atoms. The van der Waals surface area contributed by atoms with E-state index in [9.17, 15) is 27.9 Å². The number of hydrogen-bond acceptors (Lipinski definition) is 5. The molecule has 4 rings (SSSR count). The highest BCUT2D eigenvalue weighted by Crippen LogP contribution is 2.42. The lowest BCUT2D eigenvalue weighted by Gasteiger charge is -2.41. The van der Waals surface area contributed by atoms with Gasteiger partial charge in [0.25, 0.3) is 5.91 Å². The predicted octanol–water partition coefficient (Wildman–Crippen LogP) is 2.81. The maximum atomic E-state index is 13.1. The van der Waals surface area contributed by atoms with Gasteiger partial charge in [0.05, 0.1) is 11.5 Å². The number of carboxylic acids is 2. The molecule has 3 atom stereocenters. The van der Waals surface area contributed by atoms with E-state index in [0.717, 1.165) is 19.3 Å². The van der Waals surface area contributed by atoms with Gasteiger partial charge in [0.15, 0.2) is 11.5 Å². The normalized spacial score (nSPS) is 24.5. The number of aliphatic carboxylic acids is 2. The van der Waals surface area contributed by atoms with Gasteiger partial charge in [0, 0.05) is 12.6 Å². The first-order valence-electron chi connectivity index (χ1n) is 9.83. The third-order valence-corrected chi connectivity index (χ3v) is 5.75. The molecule has 1 saturated heterocycles. The van der Waals surface area contributed by atoms with E-state index in [2.05, 4.69) is 0 Å². The lowest BCUT2D eigenvalue weighted by molar-refractivity contribution is -0.192. The summed E-state index contributed by atoms with van der Waals surface area (Å²) < 4.78 is 43.0. The third kappa shape index (κ3) is 4.86. The number of piperidine rings is 1. The quantitative estimate of drug-likeness (QED) is 0.720. The Morgan fingerprint density at radius 2 is 1.71 bits per heavy atom. The molecule has 0 radical (unpaired) electrons. The lowest BCUT2D eigenvalue weighted by Crippen LogP contribution is -2.51. The maximum absolute atomic E-state index is 13.1. The second-order valence-electron chi connectivity index (χ2n) is 7.53. The van der Waals surface area contributed by atoms with E-state index in [4.69, 9.17) is 19.4 Å². The number of fused-ring (bicyclic) bond motifs is 2. The van der Waals surface area contributed by atoms with E-state index < -0.39 is 18.1 Å². The van der Waals surface area contributed by atoms with Crippen LogP contribution in [0.2, 0.25) is 0 Å². The average Bonchev–Trinajstić information content (AvgIpc) is 3.21. The van der Waals surface area contributed by atoms with Crippen molar-refractivity contribution in [2.75, 3.05) is 19.8 Å². The van der Waals surface area contributed by atoms with Crippen molar-refractivity contribution in [2.45, 2.75) is 37.9 Å². The van der Waals surface area contributed by atoms with Crippen molar-refractivity contribution in [1.29, 1.82) is 0 Å². The molecule has 0 aromatic heterocycles. The fourth-order valence-corrected chi connectivity index (χ4v) is 4.44. The van der Waals surface area contributed by atoms with Crippen LogP contribution in [0.3, 0.4) is 0 Å². The van der Waals surface area contributed by atoms with Gasteiger partial charge in [0.1, 0.15) is 13.2 Å². The second kappa shape index (κ2) is 9.03. The molecule has 11 heteroatoms. The van der Waals surface area contributed by atoms with E-state index >= 15 is 0 Å². The number of hydrogen-bond donors (Lipinski definition) is 2. The topological polar surface area (TPSA) is 113 Å². The molecular weight excluding hydrogens is 423 g/mol. The summed E-state index contributed by atoms with van der Waals surface area (Å²) in [6.07, 6.45) is -1.81. The maximum Gasteiger partial charge on any atom is 0.490 e. The number of nitrogens with zero attached hydrogens (tertiary/aromatic N) is 1. The number of likely N-dealkylation sites (tertiary alicyclic amines) is 1. The van der Waals surface area contributed by atoms with E-state index in [-0.39, 0.29) is 23.8 Å². The van der Waals surface area contributed by atoms with Crippen LogP contribution in [-0.2, 0) is 9.59 Å². The van der Waals surface area contributed by atoms with Crippen molar-refractivity contribution in [2.24, 2.45) is 11.8 Å². The van der Waals surface area contributed by atoms with Crippen LogP contribution in [0, 0.1) is 11.8 Å². The second-order valence-corrected chi connectivity index (χ2v) is 7.53. The van der Waals surface area contributed by atoms with Gasteiger partial charge >= 0.3 is 18.1 Å². The fraction of sp³-hybridized carbons (Fsp3) is 0.550. The number of rotatable bonds is 2. The standard InChI is InChI=1S/C18H21NO5.C2HF3O2/c20-17(13-4-2-6-15-16(13)24-10-9-23-15)19-8-7-12(18(21)22)11-3-1-5-14(11)19;3-2(4,5)1(6)7/h2,4,6,11-12,14H,1,3,5,7-10H2,(H,21,22);(H,6,7). The third-order valence-electron chi connectivity index (χ3n) is 5.75. The summed E-state index contributed by atoms with van der Waals surface area (Å²) in [6, 6.07) is 5.40. The van der Waals surface area contributed by atoms with Crippen LogP contribution in [0.25, 0.3) is 0 Å². The molecule has 2 aliphatic heterocycles. The van der Waals surface area contributed by atoms with Crippen LogP contribution in [0.5, 0.6) is 11.5 Å². The van der Waals surface area contributed by atoms with Gasteiger partial charge in [-0.15, -0.1) is 0 Å². The summed E-state index contributed by atoms with van der Waals surface area (Å²) in [4.78, 5) is 35.4. The minimum absolute atomic E-state index is 0.0210. The SMILES string of the molecule is O=C(O)C(F)(F)F.O=C(O)C1CCN(C(=O)c2cccc3c2OCCO3)C2CCCC12. The van der Waals surface area contributed by atoms with E-state index in [1.807, 2.05) is 4.90 Å². The van der Waals surface area contributed by atoms with E-state index in [1.165, 1.54) is 0 Å². The molecule has 2 fully saturated rings. The van der Waals surface area contributed by atoms with Crippen molar-refractivity contribution in [3.63, 3.8) is 0 Å². The van der Waals surface area contributed by atoms with E-state index in [1.54, 1.807) is 18.2 Å². The van der Waals surface area contributed by atoms with Crippen LogP contribution in [0.4, 0.5) is 13.2 Å². The molecule has 170 valence electrons. The lowest BCUT2D eigenvalue weighted by atomic mass is 9.81. The molecule has 1 aromatic rings. The van der Waals surface area contributed by atoms with Gasteiger partial charge in [-0.2, -0.15) is 13.2 Å². The number of carbonyl (C=O) groups excluding carboxylic acids is 1. The van der Waals surface area contributed by atoms with E-state index in [0.29, 0.717) is 43.2 Å². The zero-order valence-corrected chi connectivity index (χ0v) is 16.4. The number of amides is 1. The Kier molecular flexibility index (Phi) is 6.61. The predicted molar refractivity (Wildman–Crippen MR) is 99.0 cm³/mol. The minimum Gasteiger partial charge on any atom is -0.486 e. The van der Waals surface area contributed by atoms with Crippen molar-refractivity contribution >= 4 is 17.8 Å². The fourth-order valence-electron chi connectivity index (χ4n) is 4.44. The molecular formula is C20H22F3NO7. The first-order chi connectivity index (χ1) is 14.6. The minimum atomic E-state index is -5.08. The molecule has 8 nitrogen and oxygen atoms in total. The number of carbonyl (C=O) groups is 3. The molecule has 3 aliphatic rings. The monoisotopic (exact) mass is 445 g/mol. The Morgan fingerprint density at radius 1 is 1.03 bits per heavy atom. The molecule has 2 N–H and O–H groups in total. The number of para-hydroxylation sites is 1. The summed E-state index contributed by atoms with van der Waals surface area (Å²) in [5.41, 5.74) is 0.520. The van der Waals surface area contributed by atoms with Gasteiger partial charge in [-0.25, -0.2) is 4.79 Å². The molecule has 0 spiro atoms. The van der Waals surface area contributed by atoms with Crippen molar-refractivity contribution in [3.05, 3.63) is 23.8 Å². The highest BCUT2D eigenvalue weighted by molar-refractivity contribution is 5.98. The van der Waals surface area contributed by atoms with Gasteiger partial charge < -0.3 is 24.6 Å². The number of alkyl halides is 3. The first kappa shape index (κ1) is 22.7. The van der Waals surface area contributed by atoms with Crippen LogP contribution in [0.1, 0.15) is 36.0 Å². The molecule has 31 heavy (non-hydrogen) atoms. The molecule has 1 aliphatic carbocycles. The Hall–Kier alpha value is -2.98. The number of carboxylic acid groups (broad SMARTS) is 2. The van der Waals surface area contributed by atoms with Crippen molar-refractivity contribution < 1.29 is 47.2 Å². The molecule has 2 heterocycles. The highest BCUT2D eigenvalue weighted by atomic mass is 19.4. The van der Waals surface area contributed by atoms with Crippen LogP contribution >= 0.6 is 0 Å². The highest BCUT2D eigenvalue weighted by Gasteiger charge is 2.46. The van der Waals surface area contributed by atoms with Gasteiger partial charge in [-0.1, -0.05) is 12.5 Å². The Bertz CT molecular complexity index is 858. The summed E-state index contributed by atoms with van der Waals surface area (Å²) in [5, 5.41) is 16.6. The zero-order valence-electron chi connectivity index (χ0n) is 16.4. The van der Waals surface area contributed by atoms with Crippen molar-refractivity contribution in [3.8, 4) is 11.5 Å². The summed E-state index contributed by atoms with van der Waals surface area (Å²) in [6.45, 7) is 1.41. The van der Waals surface area contributed by atoms with Crippen LogP contribution in [0.15, 0.2) is 18.2 Å². The number of ether oxygens (including phenoxy) is 2. The Morgan fingerprint density at radius 3 is 2.35 bits per heavy atom. The average molecular weight is 445 g/mol. The van der Waals surface area contributed by atoms with Gasteiger partial charge in [0.2, 0.25) is 0 Å². The Balaban J connectivity index is 0.000000339. The number of benzene rings is 1. The molecule has 1 saturated carbocycles. The van der Waals surface area contributed by atoms with Crippen molar-refractivity contribution in [1.82, 2.24) is 4.90 Å². The number of halogens is 3. The molecule has 3 unspecified atom stereocenters. The largest absolute Gasteiger partial charge is 0.490 e. The summed E-state index contributed by atoms with van der Waals surface area (Å²) >= 11 is 0. The summed E-state index contributed by atoms with van der Waals surface area (Å²) in [5.74, 6) is -2.69. The first-order valence-corrected chi connectivity index (χ1v) is 9.83. The van der Waals surface area contributed by atoms with Crippen LogP contribution in [-0.4, -0.2) is 64.9 Å². The zero-order chi connectivity index (χ0) is 22.8. The summed E-state index contributed by atoms with van der Waals surface area (Å²) in [7, 11) is 0. The molecule has 1 aromatic carbocycles. The smallest absolute Gasteiger partial charge is 0.486 e. The Labute approximate surface area is 175 Å². The molecule has 1 amide bonds. The van der Waals surface area contributed by atoms with Crippen LogP contribution < -0.4 is 9.47 Å². The van der Waals surface area contributed by atoms with Gasteiger partial charge in [-0.05, 0) is 37.3 Å².